The molecule has 0 aliphatic carbocycles. The predicted molar refractivity (Wildman–Crippen MR) is 111 cm³/mol. The Bertz CT molecular complexity index is 1050. The van der Waals surface area contributed by atoms with Crippen LogP contribution in [0, 0.1) is 6.92 Å². The van der Waals surface area contributed by atoms with E-state index in [2.05, 4.69) is 17.3 Å². The number of nitrogens with zero attached hydrogens (tertiary/aromatic N) is 3. The fourth-order valence-electron chi connectivity index (χ4n) is 3.79. The van der Waals surface area contributed by atoms with Crippen LogP contribution in [0.25, 0.3) is 10.9 Å². The maximum absolute atomic E-state index is 12.4. The minimum absolute atomic E-state index is 0.0606. The molecule has 0 radical (unpaired) electrons. The molecule has 0 bridgehead atoms. The third-order valence-corrected chi connectivity index (χ3v) is 5.65. The van der Waals surface area contributed by atoms with Gasteiger partial charge in [0.15, 0.2) is 12.4 Å². The van der Waals surface area contributed by atoms with Crippen molar-refractivity contribution in [2.45, 2.75) is 13.6 Å². The van der Waals surface area contributed by atoms with Crippen molar-refractivity contribution in [3.63, 3.8) is 0 Å². The largest absolute Gasteiger partial charge is 0.493 e. The molecular formula is C22H27N5O2+2. The average molecular weight is 393 g/mol. The molecule has 3 N–H and O–H groups in total. The molecule has 0 spiro atoms. The third kappa shape index (κ3) is 4.06. The fraction of sp³-hybridized carbons (Fsp3) is 0.318. The zero-order valence-corrected chi connectivity index (χ0v) is 16.9. The molecule has 150 valence electrons. The quantitative estimate of drug-likeness (QED) is 0.578. The molecule has 2 heterocycles. The molecular weight excluding hydrogens is 366 g/mol. The number of amides is 1. The van der Waals surface area contributed by atoms with E-state index in [1.165, 1.54) is 4.90 Å². The van der Waals surface area contributed by atoms with Gasteiger partial charge in [0, 0.05) is 10.9 Å². The smallest absolute Gasteiger partial charge is 0.295 e. The number of aromatic hydroxyl groups is 1. The minimum Gasteiger partial charge on any atom is -0.493 e. The normalized spacial score (nSPS) is 19.8. The van der Waals surface area contributed by atoms with Crippen LogP contribution in [0.1, 0.15) is 15.9 Å². The summed E-state index contributed by atoms with van der Waals surface area (Å²) in [6, 6.07) is 14.9. The summed E-state index contributed by atoms with van der Waals surface area (Å²) in [4.78, 5) is 15.3. The van der Waals surface area contributed by atoms with Gasteiger partial charge >= 0.3 is 0 Å². The number of likely N-dealkylation sites (N-methyl/N-ethyl adjacent to an activating group) is 1. The van der Waals surface area contributed by atoms with Gasteiger partial charge in [-0.1, -0.05) is 35.9 Å². The Kier molecular flexibility index (Phi) is 5.42. The second-order valence-electron chi connectivity index (χ2n) is 7.85. The number of quaternary nitrogens is 2. The first-order valence-electron chi connectivity index (χ1n) is 10.0. The number of benzene rings is 2. The molecule has 0 unspecified atom stereocenters. The van der Waals surface area contributed by atoms with Crippen molar-refractivity contribution in [2.75, 3.05) is 33.2 Å². The number of piperazine rings is 1. The second-order valence-corrected chi connectivity index (χ2v) is 7.85. The number of rotatable bonds is 4. The number of aryl methyl sites for hydroxylation is 1. The van der Waals surface area contributed by atoms with Crippen molar-refractivity contribution in [2.24, 2.45) is 10.2 Å². The molecule has 1 saturated heterocycles. The SMILES string of the molecule is Cc1ccc(C(=O)N=Nc2c(O)n(C[NH+]3CC[NH+](C)CC3)c3ccccc23)cc1. The Hall–Kier alpha value is -3.03. The van der Waals surface area contributed by atoms with Gasteiger partial charge in [0.1, 0.15) is 26.2 Å². The number of para-hydroxylation sites is 1. The van der Waals surface area contributed by atoms with E-state index in [1.54, 1.807) is 17.0 Å². The van der Waals surface area contributed by atoms with Crippen molar-refractivity contribution >= 4 is 22.5 Å². The predicted octanol–water partition coefficient (Wildman–Crippen LogP) is 0.950. The highest BCUT2D eigenvalue weighted by molar-refractivity contribution is 5.97. The fourth-order valence-corrected chi connectivity index (χ4v) is 3.79. The summed E-state index contributed by atoms with van der Waals surface area (Å²) in [7, 11) is 2.21. The van der Waals surface area contributed by atoms with E-state index in [4.69, 9.17) is 0 Å². The molecule has 0 atom stereocenters. The molecule has 7 nitrogen and oxygen atoms in total. The monoisotopic (exact) mass is 393 g/mol. The first-order valence-corrected chi connectivity index (χ1v) is 10.0. The van der Waals surface area contributed by atoms with Gasteiger partial charge in [-0.05, 0) is 25.1 Å². The third-order valence-electron chi connectivity index (χ3n) is 5.65. The first-order chi connectivity index (χ1) is 14.0. The van der Waals surface area contributed by atoms with Crippen LogP contribution in [-0.4, -0.2) is 48.8 Å². The van der Waals surface area contributed by atoms with Gasteiger partial charge in [-0.25, -0.2) is 0 Å². The molecule has 1 amide bonds. The Labute approximate surface area is 169 Å². The van der Waals surface area contributed by atoms with Crippen LogP contribution >= 0.6 is 0 Å². The van der Waals surface area contributed by atoms with Crippen LogP contribution < -0.4 is 9.80 Å². The number of nitrogens with one attached hydrogen (secondary N) is 2. The van der Waals surface area contributed by atoms with Crippen molar-refractivity contribution in [1.82, 2.24) is 4.57 Å². The molecule has 29 heavy (non-hydrogen) atoms. The molecule has 4 rings (SSSR count). The first kappa shape index (κ1) is 19.3. The Balaban J connectivity index is 1.63. The highest BCUT2D eigenvalue weighted by Crippen LogP contribution is 2.38. The number of hydrogen-bond donors (Lipinski definition) is 3. The van der Waals surface area contributed by atoms with Gasteiger partial charge in [0.2, 0.25) is 5.88 Å². The Morgan fingerprint density at radius 3 is 2.48 bits per heavy atom. The van der Waals surface area contributed by atoms with Crippen LogP contribution in [0.2, 0.25) is 0 Å². The van der Waals surface area contributed by atoms with Crippen LogP contribution in [0.3, 0.4) is 0 Å². The van der Waals surface area contributed by atoms with Gasteiger partial charge in [0.25, 0.3) is 5.91 Å². The molecule has 3 aromatic rings. The molecule has 0 saturated carbocycles. The van der Waals surface area contributed by atoms with Gasteiger partial charge in [-0.3, -0.25) is 9.36 Å². The zero-order chi connectivity index (χ0) is 20.4. The summed E-state index contributed by atoms with van der Waals surface area (Å²) in [5.41, 5.74) is 2.81. The highest BCUT2D eigenvalue weighted by atomic mass is 16.3. The highest BCUT2D eigenvalue weighted by Gasteiger charge is 2.24. The summed E-state index contributed by atoms with van der Waals surface area (Å²) >= 11 is 0. The van der Waals surface area contributed by atoms with Crippen molar-refractivity contribution < 1.29 is 19.7 Å². The molecule has 1 aliphatic heterocycles. The van der Waals surface area contributed by atoms with E-state index >= 15 is 0 Å². The lowest BCUT2D eigenvalue weighted by Gasteiger charge is -2.27. The number of aromatic nitrogens is 1. The van der Waals surface area contributed by atoms with E-state index in [0.717, 1.165) is 42.6 Å². The van der Waals surface area contributed by atoms with Gasteiger partial charge < -0.3 is 14.9 Å². The lowest BCUT2D eigenvalue weighted by Crippen LogP contribution is -3.26. The maximum Gasteiger partial charge on any atom is 0.295 e. The van der Waals surface area contributed by atoms with Crippen LogP contribution in [0.5, 0.6) is 5.88 Å². The second kappa shape index (κ2) is 8.14. The summed E-state index contributed by atoms with van der Waals surface area (Å²) in [5.74, 6) is -0.362. The van der Waals surface area contributed by atoms with E-state index in [-0.39, 0.29) is 5.88 Å². The molecule has 1 fully saturated rings. The van der Waals surface area contributed by atoms with Crippen LogP contribution in [0.4, 0.5) is 5.69 Å². The molecule has 1 aliphatic rings. The number of hydrogen-bond acceptors (Lipinski definition) is 3. The van der Waals surface area contributed by atoms with E-state index in [1.807, 2.05) is 47.9 Å². The van der Waals surface area contributed by atoms with Gasteiger partial charge in [-0.15, -0.1) is 10.2 Å². The zero-order valence-electron chi connectivity index (χ0n) is 16.9. The molecule has 7 heteroatoms. The molecule has 2 aromatic carbocycles. The topological polar surface area (TPSA) is 75.8 Å². The Morgan fingerprint density at radius 1 is 1.07 bits per heavy atom. The summed E-state index contributed by atoms with van der Waals surface area (Å²) in [5, 5.41) is 19.7. The number of fused-ring (bicyclic) bond motifs is 1. The van der Waals surface area contributed by atoms with Gasteiger partial charge in [0.05, 0.1) is 12.6 Å². The lowest BCUT2D eigenvalue weighted by molar-refractivity contribution is -1.01. The van der Waals surface area contributed by atoms with E-state index < -0.39 is 5.91 Å². The van der Waals surface area contributed by atoms with E-state index in [0.29, 0.717) is 17.9 Å². The van der Waals surface area contributed by atoms with E-state index in [9.17, 15) is 9.90 Å². The molecule has 1 aromatic heterocycles. The van der Waals surface area contributed by atoms with Crippen LogP contribution in [0.15, 0.2) is 58.8 Å². The summed E-state index contributed by atoms with van der Waals surface area (Å²) < 4.78 is 1.88. The summed E-state index contributed by atoms with van der Waals surface area (Å²) in [6.45, 7) is 6.98. The number of azo groups is 1. The maximum atomic E-state index is 12.4. The lowest BCUT2D eigenvalue weighted by atomic mass is 10.1. The number of carbonyl (C=O) groups excluding carboxylic acids is 1. The summed E-state index contributed by atoms with van der Waals surface area (Å²) in [6.07, 6.45) is 0. The van der Waals surface area contributed by atoms with Gasteiger partial charge in [-0.2, -0.15) is 0 Å². The van der Waals surface area contributed by atoms with Crippen molar-refractivity contribution in [1.29, 1.82) is 0 Å². The minimum atomic E-state index is -0.422. The van der Waals surface area contributed by atoms with Crippen LogP contribution in [-0.2, 0) is 6.67 Å². The average Bonchev–Trinajstić information content (AvgIpc) is 2.99. The standard InChI is InChI=1S/C22H25N5O2/c1-16-7-9-17(10-8-16)21(28)24-23-20-18-5-3-4-6-19(18)27(22(20)29)15-26-13-11-25(2)12-14-26/h3-10,29H,11-15H2,1-2H3/p+2. The Morgan fingerprint density at radius 2 is 1.76 bits per heavy atom. The van der Waals surface area contributed by atoms with Crippen molar-refractivity contribution in [3.8, 4) is 5.88 Å². The number of carbonyl (C=O) groups is 1. The van der Waals surface area contributed by atoms with Crippen molar-refractivity contribution in [3.05, 3.63) is 59.7 Å².